The number of aliphatic hydroxyl groups excluding tert-OH is 1. The Labute approximate surface area is 141 Å². The van der Waals surface area contributed by atoms with E-state index in [1.54, 1.807) is 25.3 Å². The summed E-state index contributed by atoms with van der Waals surface area (Å²) in [6, 6.07) is 9.36. The van der Waals surface area contributed by atoms with E-state index < -0.39 is 6.10 Å². The number of anilines is 2. The topological polar surface area (TPSA) is 83.5 Å². The number of amides is 1. The smallest absolute Gasteiger partial charge is 0.262 e. The number of ether oxygens (including phenoxy) is 1. The van der Waals surface area contributed by atoms with Crippen molar-refractivity contribution in [3.05, 3.63) is 47.7 Å². The van der Waals surface area contributed by atoms with E-state index in [1.165, 1.54) is 0 Å². The molecule has 0 fully saturated rings. The van der Waals surface area contributed by atoms with E-state index in [-0.39, 0.29) is 12.5 Å². The van der Waals surface area contributed by atoms with Crippen LogP contribution in [-0.4, -0.2) is 35.3 Å². The van der Waals surface area contributed by atoms with Gasteiger partial charge in [-0.15, -0.1) is 0 Å². The number of nitrogens with one attached hydrogen (secondary N) is 2. The van der Waals surface area contributed by atoms with E-state index >= 15 is 0 Å². The third-order valence-corrected chi connectivity index (χ3v) is 3.33. The van der Waals surface area contributed by atoms with Crippen LogP contribution < -0.4 is 15.4 Å². The predicted octanol–water partition coefficient (Wildman–Crippen LogP) is 2.51. The van der Waals surface area contributed by atoms with Crippen LogP contribution in [-0.2, 0) is 4.79 Å². The number of aryl methyl sites for hydroxylation is 2. The van der Waals surface area contributed by atoms with Crippen LogP contribution in [0.4, 0.5) is 11.5 Å². The van der Waals surface area contributed by atoms with Gasteiger partial charge in [0.05, 0.1) is 18.0 Å². The summed E-state index contributed by atoms with van der Waals surface area (Å²) in [7, 11) is 0. The van der Waals surface area contributed by atoms with Crippen LogP contribution in [0.25, 0.3) is 0 Å². The molecule has 6 heteroatoms. The zero-order chi connectivity index (χ0) is 17.5. The first-order valence-electron chi connectivity index (χ1n) is 7.82. The molecule has 0 saturated carbocycles. The Morgan fingerprint density at radius 3 is 2.75 bits per heavy atom. The fourth-order valence-electron chi connectivity index (χ4n) is 2.03. The summed E-state index contributed by atoms with van der Waals surface area (Å²) in [5.41, 5.74) is 2.66. The minimum absolute atomic E-state index is 0.0632. The number of aliphatic hydroxyl groups is 1. The minimum Gasteiger partial charge on any atom is -0.483 e. The number of benzene rings is 1. The Kier molecular flexibility index (Phi) is 6.14. The number of aromatic nitrogens is 1. The second kappa shape index (κ2) is 8.31. The number of carbonyl (C=O) groups excluding carboxylic acids is 1. The molecule has 0 aliphatic heterocycles. The molecule has 2 aromatic rings. The molecular weight excluding hydrogens is 306 g/mol. The lowest BCUT2D eigenvalue weighted by molar-refractivity contribution is -0.118. The average molecular weight is 329 g/mol. The van der Waals surface area contributed by atoms with Crippen molar-refractivity contribution in [1.82, 2.24) is 4.98 Å². The summed E-state index contributed by atoms with van der Waals surface area (Å²) in [4.78, 5) is 16.1. The lowest BCUT2D eigenvalue weighted by Gasteiger charge is -2.11. The van der Waals surface area contributed by atoms with Gasteiger partial charge in [0.2, 0.25) is 0 Å². The summed E-state index contributed by atoms with van der Waals surface area (Å²) in [6.45, 7) is 5.97. The van der Waals surface area contributed by atoms with Gasteiger partial charge in [-0.3, -0.25) is 4.79 Å². The molecule has 1 heterocycles. The average Bonchev–Trinajstić information content (AvgIpc) is 2.55. The molecule has 0 bridgehead atoms. The molecule has 0 spiro atoms. The van der Waals surface area contributed by atoms with Crippen molar-refractivity contribution in [1.29, 1.82) is 0 Å². The summed E-state index contributed by atoms with van der Waals surface area (Å²) < 4.78 is 5.57. The van der Waals surface area contributed by atoms with E-state index in [4.69, 9.17) is 4.74 Å². The van der Waals surface area contributed by atoms with Crippen molar-refractivity contribution in [3.8, 4) is 5.75 Å². The van der Waals surface area contributed by atoms with E-state index in [2.05, 4.69) is 15.6 Å². The monoisotopic (exact) mass is 329 g/mol. The molecule has 24 heavy (non-hydrogen) atoms. The molecule has 3 N–H and O–H groups in total. The second-order valence-electron chi connectivity index (χ2n) is 5.77. The first-order valence-corrected chi connectivity index (χ1v) is 7.82. The molecule has 1 aromatic carbocycles. The zero-order valence-electron chi connectivity index (χ0n) is 14.2. The van der Waals surface area contributed by atoms with Crippen LogP contribution in [0.15, 0.2) is 36.5 Å². The molecule has 1 unspecified atom stereocenters. The summed E-state index contributed by atoms with van der Waals surface area (Å²) in [6.07, 6.45) is 1.11. The molecule has 2 rings (SSSR count). The van der Waals surface area contributed by atoms with Crippen LogP contribution in [0.1, 0.15) is 18.1 Å². The molecule has 1 aromatic heterocycles. The molecule has 0 saturated heterocycles. The first kappa shape index (κ1) is 17.7. The second-order valence-corrected chi connectivity index (χ2v) is 5.77. The van der Waals surface area contributed by atoms with Crippen LogP contribution in [0.2, 0.25) is 0 Å². The zero-order valence-corrected chi connectivity index (χ0v) is 14.2. The van der Waals surface area contributed by atoms with Gasteiger partial charge in [-0.2, -0.15) is 0 Å². The van der Waals surface area contributed by atoms with Crippen molar-refractivity contribution in [2.75, 3.05) is 23.8 Å². The van der Waals surface area contributed by atoms with Crippen LogP contribution in [0.5, 0.6) is 5.75 Å². The Morgan fingerprint density at radius 2 is 2.08 bits per heavy atom. The van der Waals surface area contributed by atoms with Gasteiger partial charge in [0.15, 0.2) is 6.61 Å². The van der Waals surface area contributed by atoms with Gasteiger partial charge < -0.3 is 20.5 Å². The number of hydrogen-bond acceptors (Lipinski definition) is 5. The summed E-state index contributed by atoms with van der Waals surface area (Å²) >= 11 is 0. The highest BCUT2D eigenvalue weighted by atomic mass is 16.5. The number of carbonyl (C=O) groups is 1. The molecule has 1 amide bonds. The van der Waals surface area contributed by atoms with Gasteiger partial charge in [-0.25, -0.2) is 4.98 Å². The third-order valence-electron chi connectivity index (χ3n) is 3.33. The van der Waals surface area contributed by atoms with Crippen molar-refractivity contribution >= 4 is 17.4 Å². The summed E-state index contributed by atoms with van der Waals surface area (Å²) in [5.74, 6) is 1.10. The molecule has 0 aliphatic carbocycles. The molecule has 0 radical (unpaired) electrons. The maximum absolute atomic E-state index is 12.0. The van der Waals surface area contributed by atoms with Gasteiger partial charge >= 0.3 is 0 Å². The van der Waals surface area contributed by atoms with Crippen molar-refractivity contribution < 1.29 is 14.6 Å². The standard InChI is InChI=1S/C18H23N3O3/c1-12-4-5-13(2)16(8-12)24-11-18(23)21-15-6-7-17(20-10-15)19-9-14(3)22/h4-8,10,14,22H,9,11H2,1-3H3,(H,19,20)(H,21,23). The van der Waals surface area contributed by atoms with Crippen LogP contribution >= 0.6 is 0 Å². The van der Waals surface area contributed by atoms with Gasteiger partial charge in [0.1, 0.15) is 11.6 Å². The highest BCUT2D eigenvalue weighted by Gasteiger charge is 2.06. The lowest BCUT2D eigenvalue weighted by atomic mass is 10.1. The Bertz CT molecular complexity index is 684. The number of hydrogen-bond donors (Lipinski definition) is 3. The van der Waals surface area contributed by atoms with Gasteiger partial charge in [-0.1, -0.05) is 12.1 Å². The molecule has 0 aliphatic rings. The predicted molar refractivity (Wildman–Crippen MR) is 94.4 cm³/mol. The number of nitrogens with zero attached hydrogens (tertiary/aromatic N) is 1. The van der Waals surface area contributed by atoms with Crippen molar-refractivity contribution in [2.45, 2.75) is 26.9 Å². The van der Waals surface area contributed by atoms with Gasteiger partial charge in [0.25, 0.3) is 5.91 Å². The van der Waals surface area contributed by atoms with Crippen molar-refractivity contribution in [3.63, 3.8) is 0 Å². The Balaban J connectivity index is 1.84. The molecule has 6 nitrogen and oxygen atoms in total. The highest BCUT2D eigenvalue weighted by molar-refractivity contribution is 5.91. The van der Waals surface area contributed by atoms with E-state index in [9.17, 15) is 9.90 Å². The summed E-state index contributed by atoms with van der Waals surface area (Å²) in [5, 5.41) is 14.9. The van der Waals surface area contributed by atoms with Crippen LogP contribution in [0, 0.1) is 13.8 Å². The minimum atomic E-state index is -0.451. The first-order chi connectivity index (χ1) is 11.4. The van der Waals surface area contributed by atoms with Crippen molar-refractivity contribution in [2.24, 2.45) is 0 Å². The number of pyridine rings is 1. The Morgan fingerprint density at radius 1 is 1.29 bits per heavy atom. The maximum atomic E-state index is 12.0. The van der Waals surface area contributed by atoms with Gasteiger partial charge in [-0.05, 0) is 50.1 Å². The molecular formula is C18H23N3O3. The fourth-order valence-corrected chi connectivity index (χ4v) is 2.03. The van der Waals surface area contributed by atoms with E-state index in [1.807, 2.05) is 32.0 Å². The fraction of sp³-hybridized carbons (Fsp3) is 0.333. The quantitative estimate of drug-likeness (QED) is 0.727. The van der Waals surface area contributed by atoms with E-state index in [0.29, 0.717) is 23.8 Å². The number of rotatable bonds is 7. The molecule has 1 atom stereocenters. The van der Waals surface area contributed by atoms with Crippen LogP contribution in [0.3, 0.4) is 0 Å². The Hall–Kier alpha value is -2.60. The third kappa shape index (κ3) is 5.55. The highest BCUT2D eigenvalue weighted by Crippen LogP contribution is 2.19. The normalized spacial score (nSPS) is 11.7. The van der Waals surface area contributed by atoms with Gasteiger partial charge in [0, 0.05) is 6.54 Å². The lowest BCUT2D eigenvalue weighted by Crippen LogP contribution is -2.20. The SMILES string of the molecule is Cc1ccc(C)c(OCC(=O)Nc2ccc(NCC(C)O)nc2)c1. The maximum Gasteiger partial charge on any atom is 0.262 e. The largest absolute Gasteiger partial charge is 0.483 e. The molecule has 128 valence electrons. The van der Waals surface area contributed by atoms with E-state index in [0.717, 1.165) is 11.1 Å².